The van der Waals surface area contributed by atoms with Crippen LogP contribution in [0.2, 0.25) is 0 Å². The maximum absolute atomic E-state index is 12.1. The van der Waals surface area contributed by atoms with Crippen molar-refractivity contribution in [3.8, 4) is 0 Å². The summed E-state index contributed by atoms with van der Waals surface area (Å²) in [5.41, 5.74) is 0. The van der Waals surface area contributed by atoms with Crippen LogP contribution in [-0.4, -0.2) is 87.2 Å². The molecule has 2 aliphatic rings. The zero-order valence-corrected chi connectivity index (χ0v) is 16.3. The summed E-state index contributed by atoms with van der Waals surface area (Å²) in [5.74, 6) is 1.14. The average Bonchev–Trinajstić information content (AvgIpc) is 3.25. The van der Waals surface area contributed by atoms with Crippen molar-refractivity contribution in [2.24, 2.45) is 10.9 Å². The molecule has 0 aromatic rings. The molecule has 144 valence electrons. The van der Waals surface area contributed by atoms with E-state index in [2.05, 4.69) is 20.5 Å². The van der Waals surface area contributed by atoms with Crippen LogP contribution in [0.25, 0.3) is 0 Å². The molecule has 2 fully saturated rings. The third kappa shape index (κ3) is 5.85. The van der Waals surface area contributed by atoms with Gasteiger partial charge in [-0.05, 0) is 25.8 Å². The second-order valence-electron chi connectivity index (χ2n) is 7.35. The number of hydrogen-bond donors (Lipinski definition) is 2. The Morgan fingerprint density at radius 1 is 1.32 bits per heavy atom. The van der Waals surface area contributed by atoms with Gasteiger partial charge in [0.25, 0.3) is 0 Å². The van der Waals surface area contributed by atoms with E-state index >= 15 is 0 Å². The first-order valence-electron chi connectivity index (χ1n) is 9.54. The Kier molecular flexibility index (Phi) is 7.96. The van der Waals surface area contributed by atoms with Crippen molar-refractivity contribution in [1.29, 1.82) is 0 Å². The number of carbonyl (C=O) groups excluding carboxylic acids is 1. The van der Waals surface area contributed by atoms with E-state index in [0.717, 1.165) is 51.7 Å². The summed E-state index contributed by atoms with van der Waals surface area (Å²) < 4.78 is 5.20. The SMILES string of the molecule is CN=C(NCC1CCCN1CCOC)NC1CCN(C(=O)C(C)C)C1. The Balaban J connectivity index is 1.75. The van der Waals surface area contributed by atoms with E-state index in [1.54, 1.807) is 14.2 Å². The summed E-state index contributed by atoms with van der Waals surface area (Å²) >= 11 is 0. The number of guanidine groups is 1. The van der Waals surface area contributed by atoms with Gasteiger partial charge >= 0.3 is 0 Å². The lowest BCUT2D eigenvalue weighted by atomic mass is 10.2. The third-order valence-electron chi connectivity index (χ3n) is 5.15. The van der Waals surface area contributed by atoms with E-state index in [4.69, 9.17) is 4.74 Å². The quantitative estimate of drug-likeness (QED) is 0.516. The number of aliphatic imine (C=N–C) groups is 1. The van der Waals surface area contributed by atoms with Gasteiger partial charge < -0.3 is 20.3 Å². The van der Waals surface area contributed by atoms with Gasteiger partial charge in [-0.25, -0.2) is 0 Å². The summed E-state index contributed by atoms with van der Waals surface area (Å²) in [6, 6.07) is 0.818. The van der Waals surface area contributed by atoms with Crippen molar-refractivity contribution in [1.82, 2.24) is 20.4 Å². The average molecular weight is 354 g/mol. The number of carbonyl (C=O) groups is 1. The fourth-order valence-electron chi connectivity index (χ4n) is 3.68. The van der Waals surface area contributed by atoms with Crippen LogP contribution < -0.4 is 10.6 Å². The molecule has 0 aromatic heterocycles. The van der Waals surface area contributed by atoms with Crippen LogP contribution in [0.5, 0.6) is 0 Å². The molecule has 0 aromatic carbocycles. The molecule has 0 bridgehead atoms. The van der Waals surface area contributed by atoms with Gasteiger partial charge in [0, 0.05) is 58.3 Å². The number of nitrogens with zero attached hydrogens (tertiary/aromatic N) is 3. The zero-order valence-electron chi connectivity index (χ0n) is 16.3. The van der Waals surface area contributed by atoms with Gasteiger partial charge in [0.1, 0.15) is 0 Å². The van der Waals surface area contributed by atoms with Crippen LogP contribution in [0, 0.1) is 5.92 Å². The summed E-state index contributed by atoms with van der Waals surface area (Å²) in [7, 11) is 3.56. The normalized spacial score (nSPS) is 25.0. The van der Waals surface area contributed by atoms with Crippen molar-refractivity contribution >= 4 is 11.9 Å². The number of amides is 1. The molecule has 25 heavy (non-hydrogen) atoms. The summed E-state index contributed by atoms with van der Waals surface area (Å²) in [4.78, 5) is 20.9. The van der Waals surface area contributed by atoms with Crippen molar-refractivity contribution in [2.45, 2.75) is 45.2 Å². The molecule has 0 radical (unpaired) electrons. The van der Waals surface area contributed by atoms with E-state index in [9.17, 15) is 4.79 Å². The van der Waals surface area contributed by atoms with E-state index in [1.807, 2.05) is 18.7 Å². The number of hydrogen-bond acceptors (Lipinski definition) is 4. The molecule has 2 atom stereocenters. The number of methoxy groups -OCH3 is 1. The topological polar surface area (TPSA) is 69.2 Å². The second kappa shape index (κ2) is 9.97. The smallest absolute Gasteiger partial charge is 0.225 e. The lowest BCUT2D eigenvalue weighted by molar-refractivity contribution is -0.133. The molecule has 0 saturated carbocycles. The molecule has 7 heteroatoms. The highest BCUT2D eigenvalue weighted by atomic mass is 16.5. The molecule has 2 unspecified atom stereocenters. The molecular formula is C18H35N5O2. The van der Waals surface area contributed by atoms with Crippen LogP contribution in [0.3, 0.4) is 0 Å². The predicted molar refractivity (Wildman–Crippen MR) is 101 cm³/mol. The zero-order chi connectivity index (χ0) is 18.2. The van der Waals surface area contributed by atoms with Crippen LogP contribution in [0.15, 0.2) is 4.99 Å². The Hall–Kier alpha value is -1.34. The van der Waals surface area contributed by atoms with Gasteiger partial charge in [0.05, 0.1) is 6.61 Å². The first kappa shape index (κ1) is 20.0. The van der Waals surface area contributed by atoms with Gasteiger partial charge in [-0.3, -0.25) is 14.7 Å². The number of ether oxygens (including phenoxy) is 1. The summed E-state index contributed by atoms with van der Waals surface area (Å²) in [6.07, 6.45) is 3.44. The summed E-state index contributed by atoms with van der Waals surface area (Å²) in [5, 5.41) is 6.94. The number of rotatable bonds is 7. The van der Waals surface area contributed by atoms with Crippen molar-refractivity contribution in [3.05, 3.63) is 0 Å². The monoisotopic (exact) mass is 353 g/mol. The van der Waals surface area contributed by atoms with Gasteiger partial charge in [-0.2, -0.15) is 0 Å². The molecule has 0 spiro atoms. The van der Waals surface area contributed by atoms with Gasteiger partial charge in [-0.1, -0.05) is 13.8 Å². The second-order valence-corrected chi connectivity index (χ2v) is 7.35. The van der Waals surface area contributed by atoms with Crippen LogP contribution in [0.1, 0.15) is 33.1 Å². The van der Waals surface area contributed by atoms with E-state index < -0.39 is 0 Å². The third-order valence-corrected chi connectivity index (χ3v) is 5.15. The molecule has 2 rings (SSSR count). The minimum absolute atomic E-state index is 0.0663. The molecule has 1 amide bonds. The molecule has 2 aliphatic heterocycles. The molecule has 7 nitrogen and oxygen atoms in total. The Bertz CT molecular complexity index is 455. The van der Waals surface area contributed by atoms with Crippen molar-refractivity contribution < 1.29 is 9.53 Å². The van der Waals surface area contributed by atoms with Gasteiger partial charge in [0.15, 0.2) is 5.96 Å². The van der Waals surface area contributed by atoms with E-state index in [0.29, 0.717) is 6.04 Å². The first-order chi connectivity index (χ1) is 12.0. The van der Waals surface area contributed by atoms with E-state index in [1.165, 1.54) is 12.8 Å². The van der Waals surface area contributed by atoms with Crippen molar-refractivity contribution in [3.63, 3.8) is 0 Å². The maximum Gasteiger partial charge on any atom is 0.225 e. The fourth-order valence-corrected chi connectivity index (χ4v) is 3.68. The summed E-state index contributed by atoms with van der Waals surface area (Å²) in [6.45, 7) is 9.33. The highest BCUT2D eigenvalue weighted by Crippen LogP contribution is 2.16. The Labute approximate surface area is 152 Å². The molecule has 2 N–H and O–H groups in total. The standard InChI is InChI=1S/C18H35N5O2/c1-14(2)17(24)23-9-7-15(13-23)21-18(19-3)20-12-16-6-5-8-22(16)10-11-25-4/h14-16H,5-13H2,1-4H3,(H2,19,20,21). The highest BCUT2D eigenvalue weighted by molar-refractivity contribution is 5.81. The lowest BCUT2D eigenvalue weighted by Crippen LogP contribution is -2.49. The Morgan fingerprint density at radius 3 is 2.80 bits per heavy atom. The minimum atomic E-state index is 0.0663. The Morgan fingerprint density at radius 2 is 2.12 bits per heavy atom. The number of nitrogens with one attached hydrogen (secondary N) is 2. The van der Waals surface area contributed by atoms with Crippen LogP contribution in [0.4, 0.5) is 0 Å². The predicted octanol–water partition coefficient (Wildman–Crippen LogP) is 0.519. The van der Waals surface area contributed by atoms with E-state index in [-0.39, 0.29) is 17.9 Å². The molecule has 2 heterocycles. The fraction of sp³-hybridized carbons (Fsp3) is 0.889. The number of likely N-dealkylation sites (tertiary alicyclic amines) is 2. The van der Waals surface area contributed by atoms with Crippen LogP contribution >= 0.6 is 0 Å². The highest BCUT2D eigenvalue weighted by Gasteiger charge is 2.28. The molecule has 2 saturated heterocycles. The maximum atomic E-state index is 12.1. The van der Waals surface area contributed by atoms with Gasteiger partial charge in [0.2, 0.25) is 5.91 Å². The molecule has 0 aliphatic carbocycles. The molecular weight excluding hydrogens is 318 g/mol. The van der Waals surface area contributed by atoms with Gasteiger partial charge in [-0.15, -0.1) is 0 Å². The largest absolute Gasteiger partial charge is 0.383 e. The lowest BCUT2D eigenvalue weighted by Gasteiger charge is -2.26. The van der Waals surface area contributed by atoms with Crippen molar-refractivity contribution in [2.75, 3.05) is 53.5 Å². The van der Waals surface area contributed by atoms with Crippen LogP contribution in [-0.2, 0) is 9.53 Å². The minimum Gasteiger partial charge on any atom is -0.383 e. The first-order valence-corrected chi connectivity index (χ1v) is 9.54.